The second kappa shape index (κ2) is 4.73. The highest BCUT2D eigenvalue weighted by atomic mass is 35.5. The van der Waals surface area contributed by atoms with Crippen LogP contribution in [-0.2, 0) is 0 Å². The van der Waals surface area contributed by atoms with E-state index in [-0.39, 0.29) is 27.8 Å². The molecule has 0 radical (unpaired) electrons. The number of hydrogen-bond acceptors (Lipinski definition) is 5. The van der Waals surface area contributed by atoms with Gasteiger partial charge in [-0.05, 0) is 0 Å². The summed E-state index contributed by atoms with van der Waals surface area (Å²) in [7, 11) is 2.81. The lowest BCUT2D eigenvalue weighted by molar-refractivity contribution is 0.354. The zero-order valence-electron chi connectivity index (χ0n) is 9.66. The average molecular weight is 273 g/mol. The zero-order chi connectivity index (χ0) is 13.3. The molecule has 18 heavy (non-hydrogen) atoms. The van der Waals surface area contributed by atoms with Crippen molar-refractivity contribution in [2.75, 3.05) is 20.0 Å². The van der Waals surface area contributed by atoms with E-state index >= 15 is 0 Å². The van der Waals surface area contributed by atoms with E-state index in [0.29, 0.717) is 5.75 Å². The Balaban J connectivity index is 2.79. The molecular weight excluding hydrogens is 263 g/mol. The lowest BCUT2D eigenvalue weighted by Gasteiger charge is -2.13. The van der Waals surface area contributed by atoms with Crippen LogP contribution in [0.1, 0.15) is 0 Å². The van der Waals surface area contributed by atoms with Crippen molar-refractivity contribution >= 4 is 17.5 Å². The topological polar surface area (TPSA) is 70.5 Å². The fourth-order valence-corrected chi connectivity index (χ4v) is 1.81. The third kappa shape index (κ3) is 1.84. The molecule has 2 rings (SSSR count). The number of aromatic nitrogens is 1. The number of halogens is 2. The molecule has 7 heteroatoms. The summed E-state index contributed by atoms with van der Waals surface area (Å²) in [6.07, 6.45) is 1.28. The van der Waals surface area contributed by atoms with E-state index in [1.54, 1.807) is 0 Å². The van der Waals surface area contributed by atoms with Crippen molar-refractivity contribution in [3.05, 3.63) is 23.1 Å². The maximum absolute atomic E-state index is 14.1. The van der Waals surface area contributed by atoms with Crippen LogP contribution >= 0.6 is 11.6 Å². The number of hydrogen-bond donors (Lipinski definition) is 1. The Morgan fingerprint density at radius 1 is 1.39 bits per heavy atom. The Morgan fingerprint density at radius 2 is 2.11 bits per heavy atom. The van der Waals surface area contributed by atoms with Crippen molar-refractivity contribution in [2.45, 2.75) is 0 Å². The fourth-order valence-electron chi connectivity index (χ4n) is 1.62. The van der Waals surface area contributed by atoms with E-state index in [4.69, 9.17) is 31.3 Å². The van der Waals surface area contributed by atoms with Gasteiger partial charge in [0.25, 0.3) is 0 Å². The Kier molecular flexibility index (Phi) is 3.29. The molecule has 1 heterocycles. The summed E-state index contributed by atoms with van der Waals surface area (Å²) in [5.74, 6) is -0.241. The third-order valence-corrected chi connectivity index (χ3v) is 2.70. The molecule has 1 aromatic carbocycles. The van der Waals surface area contributed by atoms with Crippen LogP contribution in [0.5, 0.6) is 11.5 Å². The SMILES string of the molecule is COc1cc(Cl)c(F)c(-c2cnoc2N)c1OC. The molecule has 0 saturated heterocycles. The van der Waals surface area contributed by atoms with Gasteiger partial charge in [-0.15, -0.1) is 0 Å². The number of ether oxygens (including phenoxy) is 2. The minimum absolute atomic E-state index is 0.0310. The van der Waals surface area contributed by atoms with Crippen LogP contribution in [0.15, 0.2) is 16.8 Å². The van der Waals surface area contributed by atoms with Gasteiger partial charge >= 0.3 is 0 Å². The van der Waals surface area contributed by atoms with Gasteiger partial charge in [0.15, 0.2) is 17.3 Å². The van der Waals surface area contributed by atoms with Crippen LogP contribution in [0.2, 0.25) is 5.02 Å². The normalized spacial score (nSPS) is 10.4. The number of anilines is 1. The highest BCUT2D eigenvalue weighted by Crippen LogP contribution is 2.44. The molecule has 96 valence electrons. The predicted octanol–water partition coefficient (Wildman–Crippen LogP) is 2.73. The van der Waals surface area contributed by atoms with Crippen LogP contribution in [0.3, 0.4) is 0 Å². The van der Waals surface area contributed by atoms with Crippen molar-refractivity contribution in [3.63, 3.8) is 0 Å². The van der Waals surface area contributed by atoms with Gasteiger partial charge in [-0.2, -0.15) is 0 Å². The minimum Gasteiger partial charge on any atom is -0.493 e. The molecule has 0 aliphatic rings. The first kappa shape index (κ1) is 12.5. The molecule has 2 aromatic rings. The van der Waals surface area contributed by atoms with Crippen LogP contribution in [0.25, 0.3) is 11.1 Å². The molecular formula is C11H10ClFN2O3. The first-order chi connectivity index (χ1) is 8.60. The number of methoxy groups -OCH3 is 2. The fraction of sp³-hybridized carbons (Fsp3) is 0.182. The molecule has 5 nitrogen and oxygen atoms in total. The third-order valence-electron chi connectivity index (χ3n) is 2.43. The molecule has 0 aliphatic heterocycles. The van der Waals surface area contributed by atoms with Crippen molar-refractivity contribution in [1.82, 2.24) is 5.16 Å². The lowest BCUT2D eigenvalue weighted by atomic mass is 10.1. The summed E-state index contributed by atoms with van der Waals surface area (Å²) in [4.78, 5) is 0. The van der Waals surface area contributed by atoms with E-state index < -0.39 is 5.82 Å². The molecule has 0 atom stereocenters. The Hall–Kier alpha value is -1.95. The van der Waals surface area contributed by atoms with Gasteiger partial charge in [0.1, 0.15) is 0 Å². The summed E-state index contributed by atoms with van der Waals surface area (Å²) in [5.41, 5.74) is 5.88. The number of rotatable bonds is 3. The summed E-state index contributed by atoms with van der Waals surface area (Å²) in [5, 5.41) is 3.39. The van der Waals surface area contributed by atoms with E-state index in [2.05, 4.69) is 5.16 Å². The standard InChI is InChI=1S/C11H10ClFN2O3/c1-16-7-3-6(12)9(13)8(10(7)17-2)5-4-15-18-11(5)14/h3-4H,14H2,1-2H3. The van der Waals surface area contributed by atoms with E-state index in [1.165, 1.54) is 26.5 Å². The van der Waals surface area contributed by atoms with Gasteiger partial charge in [0, 0.05) is 6.07 Å². The van der Waals surface area contributed by atoms with E-state index in [0.717, 1.165) is 0 Å². The summed E-state index contributed by atoms with van der Waals surface area (Å²) >= 11 is 5.79. The summed E-state index contributed by atoms with van der Waals surface area (Å²) in [6, 6.07) is 1.32. The number of nitrogen functional groups attached to an aromatic ring is 1. The van der Waals surface area contributed by atoms with Gasteiger partial charge < -0.3 is 19.7 Å². The van der Waals surface area contributed by atoms with Gasteiger partial charge in [0.05, 0.1) is 36.6 Å². The first-order valence-corrected chi connectivity index (χ1v) is 5.28. The highest BCUT2D eigenvalue weighted by Gasteiger charge is 2.23. The van der Waals surface area contributed by atoms with Crippen molar-refractivity contribution in [2.24, 2.45) is 0 Å². The molecule has 0 fully saturated rings. The summed E-state index contributed by atoms with van der Waals surface area (Å²) < 4.78 is 29.0. The molecule has 0 unspecified atom stereocenters. The quantitative estimate of drug-likeness (QED) is 0.930. The van der Waals surface area contributed by atoms with E-state index in [9.17, 15) is 4.39 Å². The van der Waals surface area contributed by atoms with Crippen molar-refractivity contribution < 1.29 is 18.4 Å². The second-order valence-electron chi connectivity index (χ2n) is 3.39. The lowest BCUT2D eigenvalue weighted by Crippen LogP contribution is -1.98. The van der Waals surface area contributed by atoms with Gasteiger partial charge in [-0.1, -0.05) is 16.8 Å². The van der Waals surface area contributed by atoms with Crippen molar-refractivity contribution in [1.29, 1.82) is 0 Å². The highest BCUT2D eigenvalue weighted by molar-refractivity contribution is 6.31. The van der Waals surface area contributed by atoms with Gasteiger partial charge in [0.2, 0.25) is 5.88 Å². The van der Waals surface area contributed by atoms with Gasteiger partial charge in [-0.25, -0.2) is 4.39 Å². The molecule has 0 bridgehead atoms. The van der Waals surface area contributed by atoms with Crippen LogP contribution < -0.4 is 15.2 Å². The first-order valence-electron chi connectivity index (χ1n) is 4.90. The number of nitrogens with zero attached hydrogens (tertiary/aromatic N) is 1. The van der Waals surface area contributed by atoms with E-state index in [1.807, 2.05) is 0 Å². The largest absolute Gasteiger partial charge is 0.493 e. The second-order valence-corrected chi connectivity index (χ2v) is 3.79. The number of benzene rings is 1. The number of nitrogens with two attached hydrogens (primary N) is 1. The molecule has 1 aromatic heterocycles. The van der Waals surface area contributed by atoms with Gasteiger partial charge in [-0.3, -0.25) is 0 Å². The monoisotopic (exact) mass is 272 g/mol. The molecule has 0 amide bonds. The van der Waals surface area contributed by atoms with Crippen LogP contribution in [0, 0.1) is 5.82 Å². The maximum atomic E-state index is 14.1. The predicted molar refractivity (Wildman–Crippen MR) is 64.4 cm³/mol. The van der Waals surface area contributed by atoms with Crippen molar-refractivity contribution in [3.8, 4) is 22.6 Å². The molecule has 0 aliphatic carbocycles. The Morgan fingerprint density at radius 3 is 2.61 bits per heavy atom. The minimum atomic E-state index is -0.677. The molecule has 0 spiro atoms. The zero-order valence-corrected chi connectivity index (χ0v) is 10.4. The summed E-state index contributed by atoms with van der Waals surface area (Å²) in [6.45, 7) is 0. The van der Waals surface area contributed by atoms with Crippen LogP contribution in [-0.4, -0.2) is 19.4 Å². The maximum Gasteiger partial charge on any atom is 0.230 e. The average Bonchev–Trinajstić information content (AvgIpc) is 2.78. The van der Waals surface area contributed by atoms with Crippen LogP contribution in [0.4, 0.5) is 10.3 Å². The smallest absolute Gasteiger partial charge is 0.230 e. The Bertz CT molecular complexity index is 586. The molecule has 2 N–H and O–H groups in total. The Labute approximate surface area is 107 Å². The molecule has 0 saturated carbocycles.